The van der Waals surface area contributed by atoms with Crippen molar-refractivity contribution in [3.63, 3.8) is 0 Å². The molecular weight excluding hydrogens is 841 g/mol. The lowest BCUT2D eigenvalue weighted by Crippen LogP contribution is -2.03. The first-order valence-electron chi connectivity index (χ1n) is 23.4. The monoisotopic (exact) mass is 878 g/mol. The van der Waals surface area contributed by atoms with E-state index in [1.807, 2.05) is 18.2 Å². The van der Waals surface area contributed by atoms with Gasteiger partial charge in [0.1, 0.15) is 0 Å². The number of rotatable bonds is 5. The van der Waals surface area contributed by atoms with Gasteiger partial charge in [-0.3, -0.25) is 0 Å². The van der Waals surface area contributed by atoms with Gasteiger partial charge in [0, 0.05) is 71.5 Å². The van der Waals surface area contributed by atoms with Crippen LogP contribution in [-0.2, 0) is 0 Å². The van der Waals surface area contributed by atoms with Gasteiger partial charge in [-0.2, -0.15) is 0 Å². The molecule has 0 saturated carbocycles. The van der Waals surface area contributed by atoms with Crippen LogP contribution in [0, 0.1) is 0 Å². The molecule has 0 fully saturated rings. The van der Waals surface area contributed by atoms with Gasteiger partial charge in [0.2, 0.25) is 0 Å². The second-order valence-electron chi connectivity index (χ2n) is 18.0. The number of hydrogen-bond donors (Lipinski definition) is 0. The third-order valence-electron chi connectivity index (χ3n) is 14.2. The summed E-state index contributed by atoms with van der Waals surface area (Å²) in [5.74, 6) is 1.80. The van der Waals surface area contributed by atoms with Gasteiger partial charge < -0.3 is 13.7 Å². The van der Waals surface area contributed by atoms with E-state index >= 15 is 0 Å². The third kappa shape index (κ3) is 5.57. The highest BCUT2D eigenvalue weighted by atomic mass is 15.1. The van der Waals surface area contributed by atoms with Crippen LogP contribution in [0.25, 0.3) is 139 Å². The standard InChI is InChI=1S/C63H38N6/c1-2-17-39(18-3-1)61-64-62(40-33-34-51-53-27-16-26-52-45-20-5-4-19-44(45)46-21-6-15-32-58(46)69(60(52)53)59(51)37-40)66-63(65-61)41-35-42(67-54-28-11-7-22-47(54)48-23-8-12-29-55(48)67)38-43(36-41)68-56-30-13-9-24-49(56)50-25-10-14-31-57(50)68/h1-38H. The lowest BCUT2D eigenvalue weighted by Gasteiger charge is -2.16. The molecule has 0 unspecified atom stereocenters. The fourth-order valence-electron chi connectivity index (χ4n) is 11.3. The van der Waals surface area contributed by atoms with Gasteiger partial charge in [-0.1, -0.05) is 176 Å². The molecule has 0 atom stereocenters. The van der Waals surface area contributed by atoms with Crippen molar-refractivity contribution < 1.29 is 0 Å². The van der Waals surface area contributed by atoms with E-state index in [9.17, 15) is 0 Å². The highest BCUT2D eigenvalue weighted by Crippen LogP contribution is 2.47. The van der Waals surface area contributed by atoms with Crippen LogP contribution < -0.4 is 0 Å². The Hall–Kier alpha value is -9.39. The number of para-hydroxylation sites is 6. The summed E-state index contributed by atoms with van der Waals surface area (Å²) in [6.07, 6.45) is 0. The zero-order valence-corrected chi connectivity index (χ0v) is 37.1. The molecule has 5 heterocycles. The Bertz CT molecular complexity index is 4200. The Balaban J connectivity index is 1.01. The number of aromatic nitrogens is 6. The molecule has 1 aliphatic rings. The molecule has 6 nitrogen and oxygen atoms in total. The molecule has 0 amide bonds. The molecule has 1 aliphatic heterocycles. The molecule has 320 valence electrons. The van der Waals surface area contributed by atoms with E-state index in [1.165, 1.54) is 60.1 Å². The second-order valence-corrected chi connectivity index (χ2v) is 18.0. The summed E-state index contributed by atoms with van der Waals surface area (Å²) in [6, 6.07) is 82.7. The summed E-state index contributed by atoms with van der Waals surface area (Å²) in [4.78, 5) is 16.2. The predicted molar refractivity (Wildman–Crippen MR) is 284 cm³/mol. The van der Waals surface area contributed by atoms with E-state index in [-0.39, 0.29) is 0 Å². The molecule has 14 aromatic rings. The van der Waals surface area contributed by atoms with Gasteiger partial charge in [0.05, 0.1) is 38.8 Å². The van der Waals surface area contributed by atoms with Crippen molar-refractivity contribution in [1.29, 1.82) is 0 Å². The summed E-state index contributed by atoms with van der Waals surface area (Å²) in [7, 11) is 0. The second kappa shape index (κ2) is 14.6. The smallest absolute Gasteiger partial charge is 0.164 e. The number of hydrogen-bond acceptors (Lipinski definition) is 3. The summed E-state index contributed by atoms with van der Waals surface area (Å²) in [5, 5.41) is 7.19. The maximum atomic E-state index is 5.49. The van der Waals surface area contributed by atoms with Crippen LogP contribution in [0.5, 0.6) is 0 Å². The molecule has 0 bridgehead atoms. The van der Waals surface area contributed by atoms with Crippen molar-refractivity contribution in [3.05, 3.63) is 231 Å². The van der Waals surface area contributed by atoms with Crippen molar-refractivity contribution in [1.82, 2.24) is 28.7 Å². The minimum absolute atomic E-state index is 0.588. The molecular formula is C63H38N6. The van der Waals surface area contributed by atoms with Gasteiger partial charge in [-0.15, -0.1) is 0 Å². The zero-order valence-electron chi connectivity index (χ0n) is 37.1. The summed E-state index contributed by atoms with van der Waals surface area (Å²) < 4.78 is 7.22. The van der Waals surface area contributed by atoms with Crippen LogP contribution in [0.4, 0.5) is 0 Å². The van der Waals surface area contributed by atoms with Crippen LogP contribution in [0.15, 0.2) is 231 Å². The third-order valence-corrected chi connectivity index (χ3v) is 14.2. The molecule has 0 saturated heterocycles. The average molecular weight is 879 g/mol. The lowest BCUT2D eigenvalue weighted by atomic mass is 9.94. The summed E-state index contributed by atoms with van der Waals surface area (Å²) >= 11 is 0. The first kappa shape index (κ1) is 37.8. The fourth-order valence-corrected chi connectivity index (χ4v) is 11.3. The number of fused-ring (bicyclic) bond motifs is 14. The highest BCUT2D eigenvalue weighted by Gasteiger charge is 2.25. The Morgan fingerprint density at radius 2 is 0.681 bits per heavy atom. The van der Waals surface area contributed by atoms with Gasteiger partial charge >= 0.3 is 0 Å². The van der Waals surface area contributed by atoms with Crippen molar-refractivity contribution in [3.8, 4) is 73.5 Å². The van der Waals surface area contributed by atoms with E-state index in [0.717, 1.165) is 61.3 Å². The van der Waals surface area contributed by atoms with Crippen molar-refractivity contribution in [2.45, 2.75) is 0 Å². The number of benzene rings is 10. The van der Waals surface area contributed by atoms with Gasteiger partial charge in [0.15, 0.2) is 17.5 Å². The highest BCUT2D eigenvalue weighted by molar-refractivity contribution is 6.17. The quantitative estimate of drug-likeness (QED) is 0.173. The molecule has 15 rings (SSSR count). The largest absolute Gasteiger partial charge is 0.309 e. The van der Waals surface area contributed by atoms with Crippen molar-refractivity contribution in [2.75, 3.05) is 0 Å². The van der Waals surface area contributed by atoms with E-state index in [1.54, 1.807) is 0 Å². The normalized spacial score (nSPS) is 12.1. The minimum Gasteiger partial charge on any atom is -0.309 e. The van der Waals surface area contributed by atoms with Crippen LogP contribution in [0.3, 0.4) is 0 Å². The van der Waals surface area contributed by atoms with Gasteiger partial charge in [-0.05, 0) is 65.7 Å². The van der Waals surface area contributed by atoms with Crippen molar-refractivity contribution >= 4 is 65.4 Å². The van der Waals surface area contributed by atoms with Crippen LogP contribution in [-0.4, -0.2) is 28.7 Å². The SMILES string of the molecule is c1ccc(-c2nc(-c3cc(-n4c5ccccc5c5ccccc54)cc(-n4c5ccccc5c5ccccc54)c3)nc(-c3ccc4c5cccc6c5n(c4c3)-c3ccccc3-c3ccccc3-6)n2)cc1. The topological polar surface area (TPSA) is 53.5 Å². The maximum Gasteiger partial charge on any atom is 0.164 e. The fraction of sp³-hybridized carbons (Fsp3) is 0. The van der Waals surface area contributed by atoms with E-state index in [0.29, 0.717) is 17.5 Å². The summed E-state index contributed by atoms with van der Waals surface area (Å²) in [5.41, 5.74) is 17.6. The molecule has 0 spiro atoms. The number of nitrogens with zero attached hydrogens (tertiary/aromatic N) is 6. The molecule has 6 heteroatoms. The molecule has 4 aromatic heterocycles. The molecule has 69 heavy (non-hydrogen) atoms. The van der Waals surface area contributed by atoms with Gasteiger partial charge in [0.25, 0.3) is 0 Å². The molecule has 0 aliphatic carbocycles. The maximum absolute atomic E-state index is 5.49. The van der Waals surface area contributed by atoms with E-state index < -0.39 is 0 Å². The minimum atomic E-state index is 0.588. The molecule has 0 N–H and O–H groups in total. The average Bonchev–Trinajstić information content (AvgIpc) is 4.03. The Kier molecular flexibility index (Phi) is 7.97. The van der Waals surface area contributed by atoms with Crippen LogP contribution in [0.1, 0.15) is 0 Å². The Labute approximate surface area is 396 Å². The van der Waals surface area contributed by atoms with Gasteiger partial charge in [-0.25, -0.2) is 15.0 Å². The molecule has 10 aromatic carbocycles. The Morgan fingerprint density at radius 1 is 0.246 bits per heavy atom. The first-order valence-corrected chi connectivity index (χ1v) is 23.4. The van der Waals surface area contributed by atoms with E-state index in [4.69, 9.17) is 15.0 Å². The van der Waals surface area contributed by atoms with Crippen LogP contribution in [0.2, 0.25) is 0 Å². The Morgan fingerprint density at radius 3 is 1.28 bits per heavy atom. The van der Waals surface area contributed by atoms with E-state index in [2.05, 4.69) is 226 Å². The van der Waals surface area contributed by atoms with Crippen LogP contribution >= 0.6 is 0 Å². The lowest BCUT2D eigenvalue weighted by molar-refractivity contribution is 1.07. The zero-order chi connectivity index (χ0) is 45.2. The van der Waals surface area contributed by atoms with Crippen molar-refractivity contribution in [2.24, 2.45) is 0 Å². The molecule has 0 radical (unpaired) electrons. The predicted octanol–water partition coefficient (Wildman–Crippen LogP) is 15.8. The first-order chi connectivity index (χ1) is 34.2. The summed E-state index contributed by atoms with van der Waals surface area (Å²) in [6.45, 7) is 0.